The highest BCUT2D eigenvalue weighted by Crippen LogP contribution is 2.42. The highest BCUT2D eigenvalue weighted by atomic mass is 32.1. The van der Waals surface area contributed by atoms with Crippen LogP contribution in [-0.4, -0.2) is 21.4 Å². The van der Waals surface area contributed by atoms with Crippen LogP contribution in [0.2, 0.25) is 0 Å². The average molecular weight is 542 g/mol. The van der Waals surface area contributed by atoms with Gasteiger partial charge in [0.15, 0.2) is 16.5 Å². The third kappa shape index (κ3) is 4.43. The molecule has 3 aromatic carbocycles. The Kier molecular flexibility index (Phi) is 6.06. The van der Waals surface area contributed by atoms with Crippen LogP contribution >= 0.6 is 11.3 Å². The lowest BCUT2D eigenvalue weighted by atomic mass is 10.1. The number of aromatic nitrogens is 2. The van der Waals surface area contributed by atoms with E-state index in [0.29, 0.717) is 21.1 Å². The minimum Gasteiger partial charge on any atom is -0.493 e. The second-order valence-corrected chi connectivity index (χ2v) is 9.55. The highest BCUT2D eigenvalue weighted by Gasteiger charge is 2.36. The van der Waals surface area contributed by atoms with Crippen LogP contribution in [0.3, 0.4) is 0 Å². The van der Waals surface area contributed by atoms with Crippen molar-refractivity contribution in [3.63, 3.8) is 0 Å². The second-order valence-electron chi connectivity index (χ2n) is 8.54. The SMILES string of the molecule is COc1cc(C=c2sc3nc4c(C)cc(C)cc4n3c2=O)ccc1Oc1ccc([N+](=O)[O-])cc1C(F)(F)F. The Hall–Kier alpha value is -4.45. The Morgan fingerprint density at radius 2 is 1.79 bits per heavy atom. The summed E-state index contributed by atoms with van der Waals surface area (Å²) in [6.45, 7) is 3.88. The monoisotopic (exact) mass is 541 g/mol. The van der Waals surface area contributed by atoms with Crippen LogP contribution in [0.15, 0.2) is 53.3 Å². The zero-order valence-electron chi connectivity index (χ0n) is 20.1. The predicted molar refractivity (Wildman–Crippen MR) is 136 cm³/mol. The van der Waals surface area contributed by atoms with Gasteiger partial charge in [-0.05, 0) is 60.9 Å². The lowest BCUT2D eigenvalue weighted by molar-refractivity contribution is -0.385. The van der Waals surface area contributed by atoms with E-state index < -0.39 is 28.1 Å². The quantitative estimate of drug-likeness (QED) is 0.206. The Morgan fingerprint density at radius 1 is 1.05 bits per heavy atom. The molecule has 0 aliphatic heterocycles. The highest BCUT2D eigenvalue weighted by molar-refractivity contribution is 7.15. The smallest absolute Gasteiger partial charge is 0.420 e. The number of nitro benzene ring substituents is 1. The third-order valence-corrected chi connectivity index (χ3v) is 6.83. The number of hydrogen-bond donors (Lipinski definition) is 0. The number of alkyl halides is 3. The number of non-ortho nitro benzene ring substituents is 1. The maximum atomic E-state index is 13.5. The molecule has 0 saturated carbocycles. The molecule has 0 aliphatic rings. The van der Waals surface area contributed by atoms with Gasteiger partial charge in [0.05, 0.1) is 27.6 Å². The molecule has 0 radical (unpaired) electrons. The molecule has 0 unspecified atom stereocenters. The fourth-order valence-electron chi connectivity index (χ4n) is 4.18. The molecule has 0 N–H and O–H groups in total. The van der Waals surface area contributed by atoms with Gasteiger partial charge in [-0.15, -0.1) is 0 Å². The van der Waals surface area contributed by atoms with Crippen molar-refractivity contribution in [2.75, 3.05) is 7.11 Å². The van der Waals surface area contributed by atoms with Crippen molar-refractivity contribution in [2.45, 2.75) is 20.0 Å². The summed E-state index contributed by atoms with van der Waals surface area (Å²) < 4.78 is 53.4. The van der Waals surface area contributed by atoms with Gasteiger partial charge < -0.3 is 9.47 Å². The van der Waals surface area contributed by atoms with Crippen molar-refractivity contribution in [2.24, 2.45) is 0 Å². The van der Waals surface area contributed by atoms with Gasteiger partial charge in [0.25, 0.3) is 11.2 Å². The summed E-state index contributed by atoms with van der Waals surface area (Å²) in [6.07, 6.45) is -3.25. The topological polar surface area (TPSA) is 96.0 Å². The zero-order chi connectivity index (χ0) is 27.4. The number of benzene rings is 3. The second kappa shape index (κ2) is 9.14. The molecule has 0 fully saturated rings. The van der Waals surface area contributed by atoms with Gasteiger partial charge in [0.1, 0.15) is 11.3 Å². The zero-order valence-corrected chi connectivity index (χ0v) is 20.9. The minimum atomic E-state index is -4.88. The number of methoxy groups -OCH3 is 1. The van der Waals surface area contributed by atoms with Crippen LogP contribution in [0.4, 0.5) is 18.9 Å². The molecule has 8 nitrogen and oxygen atoms in total. The standard InChI is InChI=1S/C26H18F3N3O5S/c1-13-8-14(2)23-18(9-13)31-24(33)22(38-25(31)30-23)11-15-4-6-20(21(10-15)36-3)37-19-7-5-16(32(34)35)12-17(19)26(27,28)29/h4-12H,1-3H3. The molecule has 5 rings (SSSR count). The van der Waals surface area contributed by atoms with Gasteiger partial charge in [0.2, 0.25) is 0 Å². The first kappa shape index (κ1) is 25.2. The Morgan fingerprint density at radius 3 is 2.47 bits per heavy atom. The maximum absolute atomic E-state index is 13.5. The van der Waals surface area contributed by atoms with E-state index in [4.69, 9.17) is 9.47 Å². The van der Waals surface area contributed by atoms with Gasteiger partial charge in [-0.1, -0.05) is 23.5 Å². The van der Waals surface area contributed by atoms with E-state index in [9.17, 15) is 28.1 Å². The predicted octanol–water partition coefficient (Wildman–Crippen LogP) is 5.80. The van der Waals surface area contributed by atoms with Gasteiger partial charge in [0, 0.05) is 12.1 Å². The number of fused-ring (bicyclic) bond motifs is 3. The summed E-state index contributed by atoms with van der Waals surface area (Å²) in [5.74, 6) is -0.545. The Labute approximate surface area is 216 Å². The van der Waals surface area contributed by atoms with E-state index in [2.05, 4.69) is 4.98 Å². The number of imidazole rings is 1. The van der Waals surface area contributed by atoms with E-state index in [0.717, 1.165) is 34.3 Å². The van der Waals surface area contributed by atoms with E-state index in [1.807, 2.05) is 26.0 Å². The molecular formula is C26H18F3N3O5S. The van der Waals surface area contributed by atoms with E-state index in [1.165, 1.54) is 30.6 Å². The molecule has 2 aromatic heterocycles. The van der Waals surface area contributed by atoms with Gasteiger partial charge >= 0.3 is 6.18 Å². The molecule has 0 aliphatic carbocycles. The number of halogens is 3. The van der Waals surface area contributed by atoms with Crippen molar-refractivity contribution in [1.29, 1.82) is 0 Å². The van der Waals surface area contributed by atoms with Crippen molar-refractivity contribution in [1.82, 2.24) is 9.38 Å². The number of rotatable bonds is 5. The molecule has 194 valence electrons. The van der Waals surface area contributed by atoms with Crippen molar-refractivity contribution in [3.8, 4) is 17.2 Å². The number of nitrogens with zero attached hydrogens (tertiary/aromatic N) is 3. The Balaban J connectivity index is 1.55. The summed E-state index contributed by atoms with van der Waals surface area (Å²) >= 11 is 1.22. The molecule has 5 aromatic rings. The molecule has 12 heteroatoms. The first-order valence-corrected chi connectivity index (χ1v) is 11.9. The van der Waals surface area contributed by atoms with Crippen LogP contribution in [-0.2, 0) is 6.18 Å². The molecule has 0 saturated heterocycles. The lowest BCUT2D eigenvalue weighted by Gasteiger charge is -2.15. The van der Waals surface area contributed by atoms with E-state index >= 15 is 0 Å². The first-order chi connectivity index (χ1) is 18.0. The van der Waals surface area contributed by atoms with Crippen LogP contribution in [0.1, 0.15) is 22.3 Å². The fourth-order valence-corrected chi connectivity index (χ4v) is 5.16. The fraction of sp³-hybridized carbons (Fsp3) is 0.154. The molecule has 0 amide bonds. The molecular weight excluding hydrogens is 523 g/mol. The first-order valence-electron chi connectivity index (χ1n) is 11.1. The van der Waals surface area contributed by atoms with Crippen molar-refractivity contribution < 1.29 is 27.6 Å². The summed E-state index contributed by atoms with van der Waals surface area (Å²) in [7, 11) is 1.32. The molecule has 2 heterocycles. The number of ether oxygens (including phenoxy) is 2. The van der Waals surface area contributed by atoms with Gasteiger partial charge in [-0.3, -0.25) is 14.9 Å². The van der Waals surface area contributed by atoms with Crippen LogP contribution in [0.5, 0.6) is 17.2 Å². The number of hydrogen-bond acceptors (Lipinski definition) is 7. The normalized spacial score (nSPS) is 12.4. The van der Waals surface area contributed by atoms with Crippen LogP contribution < -0.4 is 19.6 Å². The summed E-state index contributed by atoms with van der Waals surface area (Å²) in [5, 5.41) is 10.9. The summed E-state index contributed by atoms with van der Waals surface area (Å²) in [6, 6.07) is 10.6. The summed E-state index contributed by atoms with van der Waals surface area (Å²) in [4.78, 5) is 28.4. The van der Waals surface area contributed by atoms with Crippen LogP contribution in [0.25, 0.3) is 22.1 Å². The average Bonchev–Trinajstić information content (AvgIpc) is 3.36. The van der Waals surface area contributed by atoms with Crippen molar-refractivity contribution >= 4 is 39.1 Å². The lowest BCUT2D eigenvalue weighted by Crippen LogP contribution is -2.22. The molecule has 0 atom stereocenters. The molecule has 38 heavy (non-hydrogen) atoms. The van der Waals surface area contributed by atoms with Crippen molar-refractivity contribution in [3.05, 3.63) is 95.8 Å². The number of nitro groups is 1. The molecule has 0 bridgehead atoms. The largest absolute Gasteiger partial charge is 0.493 e. The van der Waals surface area contributed by atoms with E-state index in [1.54, 1.807) is 16.5 Å². The minimum absolute atomic E-state index is 0.0377. The van der Waals surface area contributed by atoms with Gasteiger partial charge in [-0.25, -0.2) is 9.38 Å². The maximum Gasteiger partial charge on any atom is 0.420 e. The number of thiazole rings is 1. The Bertz CT molecular complexity index is 1860. The third-order valence-electron chi connectivity index (χ3n) is 5.86. The number of aryl methyl sites for hydroxylation is 2. The summed E-state index contributed by atoms with van der Waals surface area (Å²) in [5.41, 5.74) is 1.78. The van der Waals surface area contributed by atoms with Crippen LogP contribution in [0, 0.1) is 24.0 Å². The van der Waals surface area contributed by atoms with E-state index in [-0.39, 0.29) is 17.1 Å². The molecule has 0 spiro atoms. The van der Waals surface area contributed by atoms with Gasteiger partial charge in [-0.2, -0.15) is 13.2 Å².